The van der Waals surface area contributed by atoms with Gasteiger partial charge >= 0.3 is 0 Å². The van der Waals surface area contributed by atoms with E-state index in [2.05, 4.69) is 29.8 Å². The standard InChI is InChI=1S/C15H21BrFN/c1-10-5-6-15(18,11(2)7-10)9-12-3-4-14(17)13(16)8-12/h3-4,8,10-11H,5-7,9,18H2,1-2H3. The lowest BCUT2D eigenvalue weighted by atomic mass is 9.68. The summed E-state index contributed by atoms with van der Waals surface area (Å²) >= 11 is 3.24. The first kappa shape index (κ1) is 14.0. The smallest absolute Gasteiger partial charge is 0.137 e. The lowest BCUT2D eigenvalue weighted by molar-refractivity contribution is 0.163. The van der Waals surface area contributed by atoms with Gasteiger partial charge in [0.2, 0.25) is 0 Å². The highest BCUT2D eigenvalue weighted by Crippen LogP contribution is 2.37. The van der Waals surface area contributed by atoms with Crippen LogP contribution in [0.1, 0.15) is 38.7 Å². The van der Waals surface area contributed by atoms with E-state index < -0.39 is 0 Å². The zero-order valence-electron chi connectivity index (χ0n) is 11.0. The Balaban J connectivity index is 2.14. The summed E-state index contributed by atoms with van der Waals surface area (Å²) in [4.78, 5) is 0. The summed E-state index contributed by atoms with van der Waals surface area (Å²) in [6.07, 6.45) is 4.28. The molecule has 1 aromatic carbocycles. The predicted molar refractivity (Wildman–Crippen MR) is 76.9 cm³/mol. The maximum Gasteiger partial charge on any atom is 0.137 e. The van der Waals surface area contributed by atoms with Crippen molar-refractivity contribution in [3.8, 4) is 0 Å². The molecule has 0 bridgehead atoms. The minimum Gasteiger partial charge on any atom is -0.325 e. The number of halogens is 2. The van der Waals surface area contributed by atoms with Crippen LogP contribution in [-0.4, -0.2) is 5.54 Å². The van der Waals surface area contributed by atoms with Gasteiger partial charge in [-0.05, 0) is 71.1 Å². The third-order valence-electron chi connectivity index (χ3n) is 4.36. The van der Waals surface area contributed by atoms with Gasteiger partial charge in [0.25, 0.3) is 0 Å². The Kier molecular flexibility index (Phi) is 4.12. The molecule has 18 heavy (non-hydrogen) atoms. The molecule has 0 aliphatic heterocycles. The van der Waals surface area contributed by atoms with Gasteiger partial charge < -0.3 is 5.73 Å². The molecule has 0 saturated heterocycles. The maximum atomic E-state index is 13.2. The van der Waals surface area contributed by atoms with Gasteiger partial charge in [0.1, 0.15) is 5.82 Å². The fourth-order valence-electron chi connectivity index (χ4n) is 3.01. The van der Waals surface area contributed by atoms with Gasteiger partial charge in [-0.3, -0.25) is 0 Å². The fraction of sp³-hybridized carbons (Fsp3) is 0.600. The molecule has 0 amide bonds. The second-order valence-corrected chi connectivity index (χ2v) is 6.79. The topological polar surface area (TPSA) is 26.0 Å². The van der Waals surface area contributed by atoms with Crippen LogP contribution in [0.4, 0.5) is 4.39 Å². The normalized spacial score (nSPS) is 32.5. The monoisotopic (exact) mass is 313 g/mol. The van der Waals surface area contributed by atoms with Crippen molar-refractivity contribution >= 4 is 15.9 Å². The van der Waals surface area contributed by atoms with Crippen molar-refractivity contribution < 1.29 is 4.39 Å². The van der Waals surface area contributed by atoms with Crippen molar-refractivity contribution in [1.29, 1.82) is 0 Å². The quantitative estimate of drug-likeness (QED) is 0.866. The molecular weight excluding hydrogens is 293 g/mol. The molecule has 2 rings (SSSR count). The van der Waals surface area contributed by atoms with Gasteiger partial charge in [-0.1, -0.05) is 19.9 Å². The largest absolute Gasteiger partial charge is 0.325 e. The summed E-state index contributed by atoms with van der Waals surface area (Å²) in [5.74, 6) is 1.08. The van der Waals surface area contributed by atoms with Gasteiger partial charge in [0.15, 0.2) is 0 Å². The predicted octanol–water partition coefficient (Wildman–Crippen LogP) is 4.28. The molecule has 3 unspecified atom stereocenters. The van der Waals surface area contributed by atoms with E-state index in [9.17, 15) is 4.39 Å². The lowest BCUT2D eigenvalue weighted by Crippen LogP contribution is -2.51. The second-order valence-electron chi connectivity index (χ2n) is 5.94. The van der Waals surface area contributed by atoms with Crippen molar-refractivity contribution in [3.63, 3.8) is 0 Å². The molecule has 0 aromatic heterocycles. The Bertz CT molecular complexity index is 435. The Morgan fingerprint density at radius 2 is 2.17 bits per heavy atom. The van der Waals surface area contributed by atoms with E-state index in [-0.39, 0.29) is 11.4 Å². The van der Waals surface area contributed by atoms with E-state index in [1.807, 2.05) is 12.1 Å². The van der Waals surface area contributed by atoms with E-state index in [0.29, 0.717) is 10.4 Å². The van der Waals surface area contributed by atoms with Gasteiger partial charge in [-0.15, -0.1) is 0 Å². The van der Waals surface area contributed by atoms with Crippen LogP contribution in [0.25, 0.3) is 0 Å². The number of rotatable bonds is 2. The van der Waals surface area contributed by atoms with E-state index in [0.717, 1.165) is 24.3 Å². The molecule has 1 fully saturated rings. The van der Waals surface area contributed by atoms with Gasteiger partial charge in [0, 0.05) is 5.54 Å². The van der Waals surface area contributed by atoms with Crippen molar-refractivity contribution in [3.05, 3.63) is 34.1 Å². The average Bonchev–Trinajstić information content (AvgIpc) is 2.30. The van der Waals surface area contributed by atoms with Crippen LogP contribution in [0.5, 0.6) is 0 Å². The van der Waals surface area contributed by atoms with Crippen LogP contribution in [0, 0.1) is 17.7 Å². The SMILES string of the molecule is CC1CCC(N)(Cc2ccc(F)c(Br)c2)C(C)C1. The number of hydrogen-bond acceptors (Lipinski definition) is 1. The van der Waals surface area contributed by atoms with Crippen LogP contribution in [0.3, 0.4) is 0 Å². The van der Waals surface area contributed by atoms with Crippen LogP contribution < -0.4 is 5.73 Å². The summed E-state index contributed by atoms with van der Waals surface area (Å²) < 4.78 is 13.8. The lowest BCUT2D eigenvalue weighted by Gasteiger charge is -2.42. The molecule has 0 heterocycles. The molecular formula is C15H21BrFN. The third kappa shape index (κ3) is 2.94. The van der Waals surface area contributed by atoms with Gasteiger partial charge in [-0.25, -0.2) is 4.39 Å². The molecule has 1 aromatic rings. The van der Waals surface area contributed by atoms with Crippen molar-refractivity contribution in [2.75, 3.05) is 0 Å². The zero-order valence-corrected chi connectivity index (χ0v) is 12.6. The minimum atomic E-state index is -0.213. The summed E-state index contributed by atoms with van der Waals surface area (Å²) in [5.41, 5.74) is 7.56. The van der Waals surface area contributed by atoms with Crippen LogP contribution in [0.15, 0.2) is 22.7 Å². The maximum absolute atomic E-state index is 13.2. The van der Waals surface area contributed by atoms with Gasteiger partial charge in [-0.2, -0.15) is 0 Å². The Morgan fingerprint density at radius 1 is 1.44 bits per heavy atom. The van der Waals surface area contributed by atoms with Crippen LogP contribution >= 0.6 is 15.9 Å². The molecule has 100 valence electrons. The number of hydrogen-bond donors (Lipinski definition) is 1. The van der Waals surface area contributed by atoms with E-state index in [4.69, 9.17) is 5.73 Å². The Morgan fingerprint density at radius 3 is 2.78 bits per heavy atom. The molecule has 1 saturated carbocycles. The fourth-order valence-corrected chi connectivity index (χ4v) is 3.44. The van der Waals surface area contributed by atoms with Crippen molar-refractivity contribution in [1.82, 2.24) is 0 Å². The molecule has 0 spiro atoms. The highest BCUT2D eigenvalue weighted by Gasteiger charge is 2.36. The zero-order chi connectivity index (χ0) is 13.3. The molecule has 3 atom stereocenters. The minimum absolute atomic E-state index is 0.135. The van der Waals surface area contributed by atoms with Gasteiger partial charge in [0.05, 0.1) is 4.47 Å². The van der Waals surface area contributed by atoms with E-state index in [1.54, 1.807) is 0 Å². The molecule has 1 nitrogen and oxygen atoms in total. The summed E-state index contributed by atoms with van der Waals surface area (Å²) in [6, 6.07) is 5.22. The van der Waals surface area contributed by atoms with Crippen molar-refractivity contribution in [2.24, 2.45) is 17.6 Å². The highest BCUT2D eigenvalue weighted by molar-refractivity contribution is 9.10. The van der Waals surface area contributed by atoms with Crippen molar-refractivity contribution in [2.45, 2.75) is 45.1 Å². The molecule has 0 radical (unpaired) electrons. The Hall–Kier alpha value is -0.410. The molecule has 1 aliphatic rings. The molecule has 2 N–H and O–H groups in total. The van der Waals surface area contributed by atoms with Crippen LogP contribution in [0.2, 0.25) is 0 Å². The number of benzene rings is 1. The first-order valence-electron chi connectivity index (χ1n) is 6.63. The third-order valence-corrected chi connectivity index (χ3v) is 4.96. The highest BCUT2D eigenvalue weighted by atomic mass is 79.9. The summed E-state index contributed by atoms with van der Waals surface area (Å²) in [5, 5.41) is 0. The molecule has 1 aliphatic carbocycles. The average molecular weight is 314 g/mol. The van der Waals surface area contributed by atoms with E-state index >= 15 is 0 Å². The summed E-state index contributed by atoms with van der Waals surface area (Å²) in [7, 11) is 0. The first-order chi connectivity index (χ1) is 8.40. The van der Waals surface area contributed by atoms with Crippen LogP contribution in [-0.2, 0) is 6.42 Å². The summed E-state index contributed by atoms with van der Waals surface area (Å²) in [6.45, 7) is 4.54. The second kappa shape index (κ2) is 5.30. The Labute approximate surface area is 117 Å². The first-order valence-corrected chi connectivity index (χ1v) is 7.43. The number of nitrogens with two attached hydrogens (primary N) is 1. The molecule has 3 heteroatoms. The van der Waals surface area contributed by atoms with E-state index in [1.165, 1.54) is 18.9 Å².